The first kappa shape index (κ1) is 20.2. The zero-order valence-corrected chi connectivity index (χ0v) is 16.9. The van der Waals surface area contributed by atoms with Gasteiger partial charge in [-0.25, -0.2) is 4.79 Å². The van der Waals surface area contributed by atoms with Gasteiger partial charge in [-0.2, -0.15) is 0 Å². The van der Waals surface area contributed by atoms with Crippen molar-refractivity contribution in [2.75, 3.05) is 13.1 Å². The van der Waals surface area contributed by atoms with Crippen LogP contribution < -0.4 is 10.5 Å². The van der Waals surface area contributed by atoms with Gasteiger partial charge in [0, 0.05) is 25.1 Å². The van der Waals surface area contributed by atoms with Crippen molar-refractivity contribution in [3.8, 4) is 5.75 Å². The number of ether oxygens (including phenoxy) is 1. The van der Waals surface area contributed by atoms with Crippen LogP contribution in [0.4, 0.5) is 4.79 Å². The largest absolute Gasteiger partial charge is 0.490 e. The van der Waals surface area contributed by atoms with Crippen LogP contribution in [0.3, 0.4) is 0 Å². The molecule has 0 spiro atoms. The number of aryl methyl sites for hydroxylation is 2. The fraction of sp³-hybridized carbons (Fsp3) is 0.458. The van der Waals surface area contributed by atoms with E-state index in [4.69, 9.17) is 10.5 Å². The molecular formula is C24H32N2O2. The summed E-state index contributed by atoms with van der Waals surface area (Å²) >= 11 is 0. The van der Waals surface area contributed by atoms with Crippen molar-refractivity contribution in [2.24, 2.45) is 5.73 Å². The molecule has 0 saturated carbocycles. The number of urea groups is 1. The average Bonchev–Trinajstić information content (AvgIpc) is 3.13. The minimum absolute atomic E-state index is 0.296. The molecule has 0 radical (unpaired) electrons. The van der Waals surface area contributed by atoms with E-state index >= 15 is 0 Å². The van der Waals surface area contributed by atoms with Crippen molar-refractivity contribution >= 4 is 6.03 Å². The number of benzene rings is 2. The molecule has 2 aromatic rings. The Bertz CT molecular complexity index is 760. The number of unbranched alkanes of at least 4 members (excludes halogenated alkanes) is 1. The first-order chi connectivity index (χ1) is 13.7. The quantitative estimate of drug-likeness (QED) is 0.606. The van der Waals surface area contributed by atoms with Gasteiger partial charge < -0.3 is 15.4 Å². The lowest BCUT2D eigenvalue weighted by Crippen LogP contribution is -2.36. The SMILES string of the molecule is CCN(CCCc1cccc2c1CC(CCCCc1ccccc1)O2)C(N)=O. The zero-order chi connectivity index (χ0) is 19.8. The molecule has 1 aliphatic rings. The summed E-state index contributed by atoms with van der Waals surface area (Å²) in [6.07, 6.45) is 7.81. The summed E-state index contributed by atoms with van der Waals surface area (Å²) in [5.74, 6) is 1.05. The van der Waals surface area contributed by atoms with Crippen LogP contribution in [0.2, 0.25) is 0 Å². The Morgan fingerprint density at radius 1 is 1.07 bits per heavy atom. The summed E-state index contributed by atoms with van der Waals surface area (Å²) in [6, 6.07) is 16.7. The zero-order valence-electron chi connectivity index (χ0n) is 16.9. The molecule has 1 unspecified atom stereocenters. The molecule has 1 atom stereocenters. The molecule has 0 saturated heterocycles. The number of carbonyl (C=O) groups is 1. The standard InChI is InChI=1S/C24H32N2O2/c1-2-26(24(25)27)17-9-14-20-13-8-16-23-22(20)18-21(28-23)15-7-6-12-19-10-4-3-5-11-19/h3-5,8,10-11,13,16,21H,2,6-7,9,12,14-15,17-18H2,1H3,(H2,25,27). The summed E-state index contributed by atoms with van der Waals surface area (Å²) in [7, 11) is 0. The third-order valence-electron chi connectivity index (χ3n) is 5.61. The van der Waals surface area contributed by atoms with Gasteiger partial charge in [-0.05, 0) is 62.6 Å². The Labute approximate surface area is 168 Å². The van der Waals surface area contributed by atoms with Gasteiger partial charge in [0.05, 0.1) is 0 Å². The second kappa shape index (κ2) is 10.2. The van der Waals surface area contributed by atoms with E-state index in [9.17, 15) is 4.79 Å². The van der Waals surface area contributed by atoms with Gasteiger partial charge in [0.2, 0.25) is 0 Å². The van der Waals surface area contributed by atoms with Gasteiger partial charge in [-0.1, -0.05) is 42.5 Å². The summed E-state index contributed by atoms with van der Waals surface area (Å²) in [5.41, 5.74) is 9.52. The van der Waals surface area contributed by atoms with Crippen molar-refractivity contribution in [1.29, 1.82) is 0 Å². The maximum Gasteiger partial charge on any atom is 0.314 e. The van der Waals surface area contributed by atoms with Gasteiger partial charge in [0.1, 0.15) is 11.9 Å². The molecule has 0 aliphatic carbocycles. The first-order valence-corrected chi connectivity index (χ1v) is 10.5. The third kappa shape index (κ3) is 5.51. The van der Waals surface area contributed by atoms with E-state index in [2.05, 4.69) is 48.5 Å². The predicted molar refractivity (Wildman–Crippen MR) is 114 cm³/mol. The van der Waals surface area contributed by atoms with Crippen molar-refractivity contribution in [3.63, 3.8) is 0 Å². The summed E-state index contributed by atoms with van der Waals surface area (Å²) < 4.78 is 6.20. The van der Waals surface area contributed by atoms with Crippen LogP contribution in [0.15, 0.2) is 48.5 Å². The second-order valence-corrected chi connectivity index (χ2v) is 7.59. The highest BCUT2D eigenvalue weighted by Crippen LogP contribution is 2.34. The Morgan fingerprint density at radius 2 is 1.89 bits per heavy atom. The third-order valence-corrected chi connectivity index (χ3v) is 5.61. The van der Waals surface area contributed by atoms with Crippen LogP contribution >= 0.6 is 0 Å². The van der Waals surface area contributed by atoms with Crippen molar-refractivity contribution in [1.82, 2.24) is 4.90 Å². The van der Waals surface area contributed by atoms with Crippen molar-refractivity contribution < 1.29 is 9.53 Å². The Morgan fingerprint density at radius 3 is 2.64 bits per heavy atom. The van der Waals surface area contributed by atoms with Gasteiger partial charge in [0.15, 0.2) is 0 Å². The lowest BCUT2D eigenvalue weighted by Gasteiger charge is -2.18. The summed E-state index contributed by atoms with van der Waals surface area (Å²) in [4.78, 5) is 13.0. The van der Waals surface area contributed by atoms with Gasteiger partial charge in [-0.3, -0.25) is 0 Å². The molecule has 150 valence electrons. The van der Waals surface area contributed by atoms with E-state index in [0.29, 0.717) is 19.2 Å². The minimum Gasteiger partial charge on any atom is -0.490 e. The van der Waals surface area contributed by atoms with Crippen LogP contribution in [0.25, 0.3) is 0 Å². The molecule has 0 aromatic heterocycles. The molecule has 2 N–H and O–H groups in total. The molecule has 3 rings (SSSR count). The van der Waals surface area contributed by atoms with Gasteiger partial charge in [-0.15, -0.1) is 0 Å². The predicted octanol–water partition coefficient (Wildman–Crippen LogP) is 4.74. The highest BCUT2D eigenvalue weighted by molar-refractivity contribution is 5.71. The smallest absolute Gasteiger partial charge is 0.314 e. The van der Waals surface area contributed by atoms with E-state index in [1.165, 1.54) is 29.5 Å². The Balaban J connectivity index is 1.45. The molecule has 0 bridgehead atoms. The number of rotatable bonds is 10. The van der Waals surface area contributed by atoms with Gasteiger partial charge in [0.25, 0.3) is 0 Å². The van der Waals surface area contributed by atoms with E-state index in [1.807, 2.05) is 6.92 Å². The summed E-state index contributed by atoms with van der Waals surface area (Å²) in [5, 5.41) is 0. The highest BCUT2D eigenvalue weighted by Gasteiger charge is 2.24. The number of hydrogen-bond donors (Lipinski definition) is 1. The van der Waals surface area contributed by atoms with E-state index in [-0.39, 0.29) is 6.03 Å². The van der Waals surface area contributed by atoms with E-state index in [1.54, 1.807) is 4.90 Å². The van der Waals surface area contributed by atoms with Gasteiger partial charge >= 0.3 is 6.03 Å². The minimum atomic E-state index is -0.334. The molecule has 1 aliphatic heterocycles. The van der Waals surface area contributed by atoms with Crippen molar-refractivity contribution in [2.45, 2.75) is 58.0 Å². The monoisotopic (exact) mass is 380 g/mol. The fourth-order valence-corrected chi connectivity index (χ4v) is 4.03. The number of hydrogen-bond acceptors (Lipinski definition) is 2. The number of nitrogens with two attached hydrogens (primary N) is 1. The fourth-order valence-electron chi connectivity index (χ4n) is 4.03. The average molecular weight is 381 g/mol. The molecule has 0 fully saturated rings. The van der Waals surface area contributed by atoms with Crippen molar-refractivity contribution in [3.05, 3.63) is 65.2 Å². The number of primary amides is 1. The molecule has 1 heterocycles. The topological polar surface area (TPSA) is 55.6 Å². The number of nitrogens with zero attached hydrogens (tertiary/aromatic N) is 1. The molecular weight excluding hydrogens is 348 g/mol. The molecule has 28 heavy (non-hydrogen) atoms. The maximum absolute atomic E-state index is 11.3. The Hall–Kier alpha value is -2.49. The highest BCUT2D eigenvalue weighted by atomic mass is 16.5. The molecule has 2 aromatic carbocycles. The first-order valence-electron chi connectivity index (χ1n) is 10.5. The van der Waals surface area contributed by atoms with Crippen LogP contribution in [-0.2, 0) is 19.3 Å². The molecule has 4 nitrogen and oxygen atoms in total. The van der Waals surface area contributed by atoms with Crippen LogP contribution in [0, 0.1) is 0 Å². The second-order valence-electron chi connectivity index (χ2n) is 7.59. The number of carbonyl (C=O) groups excluding carboxylic acids is 1. The lowest BCUT2D eigenvalue weighted by molar-refractivity contribution is 0.209. The van der Waals surface area contributed by atoms with Crippen LogP contribution in [0.1, 0.15) is 49.3 Å². The van der Waals surface area contributed by atoms with E-state index < -0.39 is 0 Å². The molecule has 4 heteroatoms. The summed E-state index contributed by atoms with van der Waals surface area (Å²) in [6.45, 7) is 3.33. The normalized spacial score (nSPS) is 15.1. The van der Waals surface area contributed by atoms with E-state index in [0.717, 1.165) is 37.9 Å². The van der Waals surface area contributed by atoms with Crippen LogP contribution in [-0.4, -0.2) is 30.1 Å². The Kier molecular flexibility index (Phi) is 7.35. The van der Waals surface area contributed by atoms with Crippen LogP contribution in [0.5, 0.6) is 5.75 Å². The molecule has 2 amide bonds. The maximum atomic E-state index is 11.3. The number of amides is 2. The lowest BCUT2D eigenvalue weighted by atomic mass is 9.97. The number of fused-ring (bicyclic) bond motifs is 1.